The lowest BCUT2D eigenvalue weighted by Crippen LogP contribution is -2.18. The van der Waals surface area contributed by atoms with Crippen molar-refractivity contribution in [3.8, 4) is 6.07 Å². The van der Waals surface area contributed by atoms with Gasteiger partial charge in [-0.1, -0.05) is 0 Å². The molecule has 0 spiro atoms. The Kier molecular flexibility index (Phi) is 4.79. The third-order valence-corrected chi connectivity index (χ3v) is 3.76. The average Bonchev–Trinajstić information content (AvgIpc) is 2.61. The molecule has 0 fully saturated rings. The maximum atomic E-state index is 11.4. The van der Waals surface area contributed by atoms with Crippen LogP contribution in [0.25, 0.3) is 0 Å². The first-order chi connectivity index (χ1) is 7.19. The lowest BCUT2D eigenvalue weighted by atomic mass is 10.1. The van der Waals surface area contributed by atoms with Crippen molar-refractivity contribution in [2.45, 2.75) is 13.3 Å². The van der Waals surface area contributed by atoms with Crippen LogP contribution in [0.15, 0.2) is 15.9 Å². The van der Waals surface area contributed by atoms with Crippen LogP contribution in [0.2, 0.25) is 0 Å². The number of thiophene rings is 1. The first-order valence-corrected chi connectivity index (χ1v) is 6.14. The fourth-order valence-corrected chi connectivity index (χ4v) is 2.64. The molecule has 1 aromatic heterocycles. The van der Waals surface area contributed by atoms with Gasteiger partial charge in [0.25, 0.3) is 0 Å². The zero-order valence-corrected chi connectivity index (χ0v) is 10.6. The van der Waals surface area contributed by atoms with Crippen LogP contribution in [0.4, 0.5) is 0 Å². The standard InChI is InChI=1S/C10H10BrNO2S/c1-2-14-10(13)7(6-12)5-9-8(11)3-4-15-9/h3-4,7H,2,5H2,1H3. The summed E-state index contributed by atoms with van der Waals surface area (Å²) < 4.78 is 5.75. The second kappa shape index (κ2) is 5.89. The van der Waals surface area contributed by atoms with Gasteiger partial charge in [0, 0.05) is 15.8 Å². The highest BCUT2D eigenvalue weighted by molar-refractivity contribution is 9.10. The molecule has 0 radical (unpaired) electrons. The molecule has 80 valence electrons. The number of carbonyl (C=O) groups is 1. The molecule has 0 bridgehead atoms. The van der Waals surface area contributed by atoms with Crippen molar-refractivity contribution in [3.05, 3.63) is 20.8 Å². The summed E-state index contributed by atoms with van der Waals surface area (Å²) in [6.07, 6.45) is 0.410. The second-order valence-corrected chi connectivity index (χ2v) is 4.68. The smallest absolute Gasteiger partial charge is 0.323 e. The zero-order chi connectivity index (χ0) is 11.3. The van der Waals surface area contributed by atoms with E-state index in [1.165, 1.54) is 11.3 Å². The highest BCUT2D eigenvalue weighted by atomic mass is 79.9. The summed E-state index contributed by atoms with van der Waals surface area (Å²) in [6.45, 7) is 2.04. The van der Waals surface area contributed by atoms with Crippen LogP contribution in [-0.2, 0) is 16.0 Å². The molecule has 1 heterocycles. The van der Waals surface area contributed by atoms with Crippen LogP contribution in [0.1, 0.15) is 11.8 Å². The minimum atomic E-state index is -0.708. The Hall–Kier alpha value is -0.860. The molecule has 15 heavy (non-hydrogen) atoms. The van der Waals surface area contributed by atoms with E-state index in [-0.39, 0.29) is 0 Å². The predicted molar refractivity (Wildman–Crippen MR) is 61.5 cm³/mol. The van der Waals surface area contributed by atoms with Crippen LogP contribution in [0.3, 0.4) is 0 Å². The summed E-state index contributed by atoms with van der Waals surface area (Å²) in [7, 11) is 0. The molecular weight excluding hydrogens is 278 g/mol. The van der Waals surface area contributed by atoms with E-state index in [0.717, 1.165) is 9.35 Å². The Morgan fingerprint density at radius 3 is 3.00 bits per heavy atom. The molecule has 0 aliphatic carbocycles. The minimum absolute atomic E-state index is 0.308. The number of hydrogen-bond donors (Lipinski definition) is 0. The van der Waals surface area contributed by atoms with E-state index in [1.807, 2.05) is 17.5 Å². The van der Waals surface area contributed by atoms with Crippen LogP contribution in [0.5, 0.6) is 0 Å². The molecule has 0 N–H and O–H groups in total. The number of nitrogens with zero attached hydrogens (tertiary/aromatic N) is 1. The first kappa shape index (κ1) is 12.2. The third-order valence-electron chi connectivity index (χ3n) is 1.81. The highest BCUT2D eigenvalue weighted by Crippen LogP contribution is 2.25. The number of hydrogen-bond acceptors (Lipinski definition) is 4. The van der Waals surface area contributed by atoms with Crippen LogP contribution >= 0.6 is 27.3 Å². The van der Waals surface area contributed by atoms with E-state index in [1.54, 1.807) is 6.92 Å². The summed E-state index contributed by atoms with van der Waals surface area (Å²) in [4.78, 5) is 12.4. The summed E-state index contributed by atoms with van der Waals surface area (Å²) >= 11 is 4.88. The Labute approximate surface area is 101 Å². The van der Waals surface area contributed by atoms with Gasteiger partial charge in [0.1, 0.15) is 5.92 Å². The Morgan fingerprint density at radius 1 is 1.80 bits per heavy atom. The minimum Gasteiger partial charge on any atom is -0.465 e. The molecule has 0 saturated heterocycles. The monoisotopic (exact) mass is 287 g/mol. The van der Waals surface area contributed by atoms with Gasteiger partial charge in [-0.2, -0.15) is 5.26 Å². The summed E-state index contributed by atoms with van der Waals surface area (Å²) in [5.41, 5.74) is 0. The fraction of sp³-hybridized carbons (Fsp3) is 0.400. The SMILES string of the molecule is CCOC(=O)C(C#N)Cc1sccc1Br. The van der Waals surface area contributed by atoms with Crippen LogP contribution in [0, 0.1) is 17.2 Å². The largest absolute Gasteiger partial charge is 0.465 e. The lowest BCUT2D eigenvalue weighted by molar-refractivity contribution is -0.145. The molecule has 1 aromatic rings. The predicted octanol–water partition coefficient (Wildman–Crippen LogP) is 2.76. The van der Waals surface area contributed by atoms with Gasteiger partial charge in [-0.25, -0.2) is 0 Å². The van der Waals surface area contributed by atoms with E-state index >= 15 is 0 Å². The van der Waals surface area contributed by atoms with E-state index in [0.29, 0.717) is 13.0 Å². The van der Waals surface area contributed by atoms with Crippen molar-refractivity contribution < 1.29 is 9.53 Å². The van der Waals surface area contributed by atoms with E-state index in [4.69, 9.17) is 10.00 Å². The molecule has 1 unspecified atom stereocenters. The molecule has 0 aromatic carbocycles. The van der Waals surface area contributed by atoms with Gasteiger partial charge in [0.05, 0.1) is 12.7 Å². The molecular formula is C10H10BrNO2S. The maximum absolute atomic E-state index is 11.4. The number of rotatable bonds is 4. The topological polar surface area (TPSA) is 50.1 Å². The Bertz CT molecular complexity index is 383. The Balaban J connectivity index is 2.67. The molecule has 3 nitrogen and oxygen atoms in total. The van der Waals surface area contributed by atoms with Gasteiger partial charge in [0.2, 0.25) is 0 Å². The Morgan fingerprint density at radius 2 is 2.53 bits per heavy atom. The number of carbonyl (C=O) groups excluding carboxylic acids is 1. The summed E-state index contributed by atoms with van der Waals surface area (Å²) in [5.74, 6) is -1.15. The highest BCUT2D eigenvalue weighted by Gasteiger charge is 2.21. The van der Waals surface area contributed by atoms with Crippen molar-refractivity contribution >= 4 is 33.2 Å². The van der Waals surface area contributed by atoms with E-state index in [9.17, 15) is 4.79 Å². The summed E-state index contributed by atoms with van der Waals surface area (Å²) in [5, 5.41) is 10.8. The van der Waals surface area contributed by atoms with Gasteiger partial charge >= 0.3 is 5.97 Å². The van der Waals surface area contributed by atoms with Crippen molar-refractivity contribution in [1.29, 1.82) is 5.26 Å². The van der Waals surface area contributed by atoms with E-state index in [2.05, 4.69) is 15.9 Å². The van der Waals surface area contributed by atoms with Crippen molar-refractivity contribution in [2.24, 2.45) is 5.92 Å². The molecule has 5 heteroatoms. The van der Waals surface area contributed by atoms with E-state index < -0.39 is 11.9 Å². The molecule has 0 saturated carbocycles. The van der Waals surface area contributed by atoms with Gasteiger partial charge < -0.3 is 4.74 Å². The number of nitriles is 1. The van der Waals surface area contributed by atoms with Gasteiger partial charge in [-0.3, -0.25) is 4.79 Å². The molecule has 0 aliphatic rings. The lowest BCUT2D eigenvalue weighted by Gasteiger charge is -2.06. The quantitative estimate of drug-likeness (QED) is 0.800. The van der Waals surface area contributed by atoms with Crippen molar-refractivity contribution in [3.63, 3.8) is 0 Å². The number of esters is 1. The van der Waals surface area contributed by atoms with Crippen molar-refractivity contribution in [1.82, 2.24) is 0 Å². The number of ether oxygens (including phenoxy) is 1. The number of halogens is 1. The summed E-state index contributed by atoms with van der Waals surface area (Å²) in [6, 6.07) is 3.87. The second-order valence-electron chi connectivity index (χ2n) is 2.83. The van der Waals surface area contributed by atoms with Gasteiger partial charge in [-0.05, 0) is 34.3 Å². The maximum Gasteiger partial charge on any atom is 0.323 e. The molecule has 1 atom stereocenters. The normalized spacial score (nSPS) is 11.8. The molecule has 0 amide bonds. The molecule has 1 rings (SSSR count). The first-order valence-electron chi connectivity index (χ1n) is 4.47. The third kappa shape index (κ3) is 3.33. The van der Waals surface area contributed by atoms with Crippen molar-refractivity contribution in [2.75, 3.05) is 6.61 Å². The van der Waals surface area contributed by atoms with Crippen LogP contribution in [-0.4, -0.2) is 12.6 Å². The zero-order valence-electron chi connectivity index (χ0n) is 8.20. The van der Waals surface area contributed by atoms with Gasteiger partial charge in [0.15, 0.2) is 0 Å². The fourth-order valence-electron chi connectivity index (χ4n) is 1.08. The van der Waals surface area contributed by atoms with Gasteiger partial charge in [-0.15, -0.1) is 11.3 Å². The average molecular weight is 288 g/mol. The van der Waals surface area contributed by atoms with Crippen LogP contribution < -0.4 is 0 Å². The molecule has 0 aliphatic heterocycles.